The molecule has 8 nitrogen and oxygen atoms in total. The maximum atomic E-state index is 11.9. The Hall–Kier alpha value is -2.38. The molecule has 2 amide bonds. The molecule has 30 heavy (non-hydrogen) atoms. The molecule has 0 aliphatic heterocycles. The normalized spacial score (nSPS) is 11.8. The maximum Gasteiger partial charge on any atom is 0.326 e. The summed E-state index contributed by atoms with van der Waals surface area (Å²) >= 11 is 0. The summed E-state index contributed by atoms with van der Waals surface area (Å²) in [5.74, 6) is -1.83. The third-order valence-corrected chi connectivity index (χ3v) is 5.07. The number of nitrogens with zero attached hydrogens (tertiary/aromatic N) is 1. The van der Waals surface area contributed by atoms with Crippen molar-refractivity contribution in [3.63, 3.8) is 0 Å². The van der Waals surface area contributed by atoms with Crippen LogP contribution in [0.2, 0.25) is 0 Å². The van der Waals surface area contributed by atoms with Crippen LogP contribution in [0.4, 0.5) is 0 Å². The van der Waals surface area contributed by atoms with Crippen molar-refractivity contribution in [2.75, 3.05) is 6.54 Å². The molecule has 0 bridgehead atoms. The van der Waals surface area contributed by atoms with E-state index in [1.807, 2.05) is 0 Å². The van der Waals surface area contributed by atoms with Crippen LogP contribution in [-0.4, -0.2) is 45.4 Å². The zero-order valence-corrected chi connectivity index (χ0v) is 18.3. The molecule has 8 heteroatoms. The van der Waals surface area contributed by atoms with Crippen molar-refractivity contribution in [1.82, 2.24) is 20.6 Å². The van der Waals surface area contributed by atoms with Gasteiger partial charge in [0, 0.05) is 24.7 Å². The standard InChI is InChI=1S/C22H38N4O4/c1-2-3-4-5-6-7-8-9-10-11-12-13-20(27)24-16-21(28)26-19(22(29)30)14-18-15-23-17-25-18/h15,17,19H,2-14,16H2,1H3,(H,23,25)(H,24,27)(H,26,28)(H,29,30). The van der Waals surface area contributed by atoms with Crippen molar-refractivity contribution in [2.45, 2.75) is 96.4 Å². The molecule has 0 radical (unpaired) electrons. The van der Waals surface area contributed by atoms with E-state index in [1.165, 1.54) is 63.9 Å². The van der Waals surface area contributed by atoms with E-state index >= 15 is 0 Å². The average molecular weight is 423 g/mol. The SMILES string of the molecule is CCCCCCCCCCCCCC(=O)NCC(=O)NC(Cc1cnc[nH]1)C(=O)O. The molecule has 170 valence electrons. The molecule has 0 saturated carbocycles. The molecule has 0 saturated heterocycles. The van der Waals surface area contributed by atoms with Crippen molar-refractivity contribution in [3.05, 3.63) is 18.2 Å². The van der Waals surface area contributed by atoms with Crippen LogP contribution in [-0.2, 0) is 20.8 Å². The molecule has 1 atom stereocenters. The van der Waals surface area contributed by atoms with E-state index in [9.17, 15) is 19.5 Å². The molecule has 0 aliphatic carbocycles. The van der Waals surface area contributed by atoms with Gasteiger partial charge >= 0.3 is 5.97 Å². The number of H-pyrrole nitrogens is 1. The fourth-order valence-corrected chi connectivity index (χ4v) is 3.28. The summed E-state index contributed by atoms with van der Waals surface area (Å²) in [4.78, 5) is 41.7. The van der Waals surface area contributed by atoms with Crippen LogP contribution in [0.5, 0.6) is 0 Å². The minimum atomic E-state index is -1.13. The van der Waals surface area contributed by atoms with Crippen LogP contribution >= 0.6 is 0 Å². The monoisotopic (exact) mass is 422 g/mol. The fraction of sp³-hybridized carbons (Fsp3) is 0.727. The van der Waals surface area contributed by atoms with Crippen molar-refractivity contribution in [1.29, 1.82) is 0 Å². The Morgan fingerprint density at radius 3 is 2.10 bits per heavy atom. The number of carboxylic acid groups (broad SMARTS) is 1. The van der Waals surface area contributed by atoms with E-state index in [-0.39, 0.29) is 18.9 Å². The Bertz CT molecular complexity index is 604. The molecule has 1 aromatic rings. The first-order valence-electron chi connectivity index (χ1n) is 11.3. The third kappa shape index (κ3) is 13.0. The Labute approximate surface area is 179 Å². The number of carboxylic acids is 1. The first-order valence-corrected chi connectivity index (χ1v) is 11.3. The van der Waals surface area contributed by atoms with Gasteiger partial charge in [0.25, 0.3) is 0 Å². The molecule has 0 spiro atoms. The second kappa shape index (κ2) is 16.4. The molecular weight excluding hydrogens is 384 g/mol. The fourth-order valence-electron chi connectivity index (χ4n) is 3.28. The molecule has 1 rings (SSSR count). The van der Waals surface area contributed by atoms with Crippen LogP contribution in [0, 0.1) is 0 Å². The van der Waals surface area contributed by atoms with Crippen LogP contribution < -0.4 is 10.6 Å². The van der Waals surface area contributed by atoms with E-state index in [0.29, 0.717) is 12.1 Å². The quantitative estimate of drug-likeness (QED) is 0.270. The summed E-state index contributed by atoms with van der Waals surface area (Å²) in [6, 6.07) is -1.07. The number of hydrogen-bond donors (Lipinski definition) is 4. The van der Waals surface area contributed by atoms with Gasteiger partial charge in [-0.1, -0.05) is 71.1 Å². The van der Waals surface area contributed by atoms with Crippen molar-refractivity contribution >= 4 is 17.8 Å². The van der Waals surface area contributed by atoms with Crippen LogP contribution in [0.3, 0.4) is 0 Å². The minimum Gasteiger partial charge on any atom is -0.480 e. The van der Waals surface area contributed by atoms with E-state index in [0.717, 1.165) is 19.3 Å². The largest absolute Gasteiger partial charge is 0.480 e. The van der Waals surface area contributed by atoms with Gasteiger partial charge in [0.15, 0.2) is 0 Å². The molecule has 0 aromatic carbocycles. The third-order valence-electron chi connectivity index (χ3n) is 5.07. The maximum absolute atomic E-state index is 11.9. The molecule has 1 unspecified atom stereocenters. The summed E-state index contributed by atoms with van der Waals surface area (Å²) in [5.41, 5.74) is 0.614. The molecule has 1 aromatic heterocycles. The Morgan fingerprint density at radius 1 is 0.967 bits per heavy atom. The van der Waals surface area contributed by atoms with Gasteiger partial charge in [-0.15, -0.1) is 0 Å². The summed E-state index contributed by atoms with van der Waals surface area (Å²) < 4.78 is 0. The van der Waals surface area contributed by atoms with Crippen molar-refractivity contribution < 1.29 is 19.5 Å². The molecular formula is C22H38N4O4. The Kier molecular flexibility index (Phi) is 14.0. The summed E-state index contributed by atoms with van der Waals surface area (Å²) in [5, 5.41) is 14.2. The number of rotatable bonds is 18. The molecule has 0 aliphatic rings. The van der Waals surface area contributed by atoms with Crippen molar-refractivity contribution in [3.8, 4) is 0 Å². The van der Waals surface area contributed by atoms with E-state index in [4.69, 9.17) is 0 Å². The van der Waals surface area contributed by atoms with Crippen LogP contribution in [0.25, 0.3) is 0 Å². The van der Waals surface area contributed by atoms with Gasteiger partial charge < -0.3 is 20.7 Å². The number of hydrogen-bond acceptors (Lipinski definition) is 4. The van der Waals surface area contributed by atoms with Gasteiger partial charge in [-0.05, 0) is 6.42 Å². The lowest BCUT2D eigenvalue weighted by Gasteiger charge is -2.14. The summed E-state index contributed by atoms with van der Waals surface area (Å²) in [6.07, 6.45) is 16.8. The Morgan fingerprint density at radius 2 is 1.57 bits per heavy atom. The highest BCUT2D eigenvalue weighted by molar-refractivity contribution is 5.87. The first-order chi connectivity index (χ1) is 14.5. The van der Waals surface area contributed by atoms with Gasteiger partial charge in [0.1, 0.15) is 6.04 Å². The average Bonchev–Trinajstić information content (AvgIpc) is 3.23. The molecule has 0 fully saturated rings. The zero-order chi connectivity index (χ0) is 22.0. The van der Waals surface area contributed by atoms with Gasteiger partial charge in [-0.3, -0.25) is 9.59 Å². The first kappa shape index (κ1) is 25.7. The van der Waals surface area contributed by atoms with Gasteiger partial charge in [-0.25, -0.2) is 9.78 Å². The van der Waals surface area contributed by atoms with E-state index < -0.39 is 17.9 Å². The number of imidazole rings is 1. The predicted octanol–water partition coefficient (Wildman–Crippen LogP) is 3.34. The smallest absolute Gasteiger partial charge is 0.326 e. The van der Waals surface area contributed by atoms with Crippen LogP contribution in [0.15, 0.2) is 12.5 Å². The summed E-state index contributed by atoms with van der Waals surface area (Å²) in [7, 11) is 0. The number of aliphatic carboxylic acids is 1. The lowest BCUT2D eigenvalue weighted by atomic mass is 10.1. The lowest BCUT2D eigenvalue weighted by molar-refractivity contribution is -0.141. The van der Waals surface area contributed by atoms with Gasteiger partial charge in [-0.2, -0.15) is 0 Å². The highest BCUT2D eigenvalue weighted by atomic mass is 16.4. The number of aromatic nitrogens is 2. The van der Waals surface area contributed by atoms with Crippen LogP contribution in [0.1, 0.15) is 89.7 Å². The number of nitrogens with one attached hydrogen (secondary N) is 3. The number of carbonyl (C=O) groups is 3. The second-order valence-corrected chi connectivity index (χ2v) is 7.80. The van der Waals surface area contributed by atoms with Gasteiger partial charge in [0.05, 0.1) is 12.9 Å². The number of unbranched alkanes of at least 4 members (excludes halogenated alkanes) is 10. The second-order valence-electron chi connectivity index (χ2n) is 7.80. The predicted molar refractivity (Wildman–Crippen MR) is 116 cm³/mol. The Balaban J connectivity index is 2.03. The summed E-state index contributed by atoms with van der Waals surface area (Å²) in [6.45, 7) is 2.01. The topological polar surface area (TPSA) is 124 Å². The minimum absolute atomic E-state index is 0.105. The van der Waals surface area contributed by atoms with E-state index in [2.05, 4.69) is 27.5 Å². The van der Waals surface area contributed by atoms with E-state index in [1.54, 1.807) is 0 Å². The number of amides is 2. The number of carbonyl (C=O) groups excluding carboxylic acids is 2. The zero-order valence-electron chi connectivity index (χ0n) is 18.3. The highest BCUT2D eigenvalue weighted by Gasteiger charge is 2.21. The number of aromatic amines is 1. The van der Waals surface area contributed by atoms with Gasteiger partial charge in [0.2, 0.25) is 11.8 Å². The molecule has 4 N–H and O–H groups in total. The lowest BCUT2D eigenvalue weighted by Crippen LogP contribution is -2.46. The molecule has 1 heterocycles. The van der Waals surface area contributed by atoms with Crippen molar-refractivity contribution in [2.24, 2.45) is 0 Å². The highest BCUT2D eigenvalue weighted by Crippen LogP contribution is 2.11.